The average molecular weight is 376 g/mol. The molecule has 0 aliphatic carbocycles. The van der Waals surface area contributed by atoms with Gasteiger partial charge in [-0.3, -0.25) is 19.6 Å². The zero-order valence-corrected chi connectivity index (χ0v) is 15.2. The van der Waals surface area contributed by atoms with Crippen molar-refractivity contribution in [1.82, 2.24) is 20.2 Å². The summed E-state index contributed by atoms with van der Waals surface area (Å²) in [4.78, 5) is 35.9. The number of aromatic nitrogens is 2. The molecule has 0 bridgehead atoms. The Labute approximate surface area is 162 Å². The van der Waals surface area contributed by atoms with Gasteiger partial charge in [-0.2, -0.15) is 0 Å². The summed E-state index contributed by atoms with van der Waals surface area (Å²) < 4.78 is 5.23. The molecule has 0 aromatic carbocycles. The normalized spacial score (nSPS) is 15.7. The summed E-state index contributed by atoms with van der Waals surface area (Å²) in [5.41, 5.74) is 2.51. The Morgan fingerprint density at radius 2 is 2.00 bits per heavy atom. The number of carbonyl (C=O) groups is 2. The fraction of sp³-hybridized carbons (Fsp3) is 0.238. The van der Waals surface area contributed by atoms with Crippen LogP contribution in [-0.2, 0) is 17.8 Å². The quantitative estimate of drug-likeness (QED) is 0.737. The van der Waals surface area contributed by atoms with Crippen LogP contribution in [0.5, 0.6) is 0 Å². The maximum Gasteiger partial charge on any atom is 0.289 e. The molecule has 142 valence electrons. The van der Waals surface area contributed by atoms with Crippen LogP contribution in [0.4, 0.5) is 0 Å². The van der Waals surface area contributed by atoms with E-state index in [-0.39, 0.29) is 24.1 Å². The molecule has 0 fully saturated rings. The van der Waals surface area contributed by atoms with Crippen molar-refractivity contribution in [2.45, 2.75) is 18.9 Å². The molecule has 1 aliphatic heterocycles. The first kappa shape index (κ1) is 17.9. The highest BCUT2D eigenvalue weighted by Crippen LogP contribution is 2.27. The van der Waals surface area contributed by atoms with Crippen molar-refractivity contribution in [2.75, 3.05) is 13.1 Å². The van der Waals surface area contributed by atoms with Crippen molar-refractivity contribution in [3.63, 3.8) is 0 Å². The molecule has 4 rings (SSSR count). The number of rotatable bonds is 5. The highest BCUT2D eigenvalue weighted by Gasteiger charge is 2.34. The largest absolute Gasteiger partial charge is 0.459 e. The molecule has 7 nitrogen and oxygen atoms in total. The molecule has 3 aromatic heterocycles. The molecule has 0 radical (unpaired) electrons. The van der Waals surface area contributed by atoms with E-state index >= 15 is 0 Å². The lowest BCUT2D eigenvalue weighted by Gasteiger charge is -2.32. The summed E-state index contributed by atoms with van der Waals surface area (Å²) in [6, 6.07) is 12.7. The van der Waals surface area contributed by atoms with Crippen LogP contribution in [0.15, 0.2) is 65.5 Å². The second-order valence-electron chi connectivity index (χ2n) is 6.63. The summed E-state index contributed by atoms with van der Waals surface area (Å²) in [5.74, 6) is -0.632. The predicted octanol–water partition coefficient (Wildman–Crippen LogP) is 2.17. The van der Waals surface area contributed by atoms with E-state index in [0.29, 0.717) is 19.5 Å². The minimum Gasteiger partial charge on any atom is -0.459 e. The molecule has 2 amide bonds. The molecule has 7 heteroatoms. The van der Waals surface area contributed by atoms with Crippen LogP contribution >= 0.6 is 0 Å². The van der Waals surface area contributed by atoms with E-state index in [2.05, 4.69) is 15.3 Å². The number of carbonyl (C=O) groups excluding carboxylic acids is 2. The summed E-state index contributed by atoms with van der Waals surface area (Å²) in [6.45, 7) is 1.14. The van der Waals surface area contributed by atoms with Crippen LogP contribution < -0.4 is 5.32 Å². The van der Waals surface area contributed by atoms with E-state index in [1.54, 1.807) is 29.4 Å². The third-order valence-corrected chi connectivity index (χ3v) is 4.76. The van der Waals surface area contributed by atoms with Crippen LogP contribution in [0.1, 0.15) is 33.4 Å². The van der Waals surface area contributed by atoms with Gasteiger partial charge in [-0.15, -0.1) is 0 Å². The lowest BCUT2D eigenvalue weighted by molar-refractivity contribution is -0.123. The maximum absolute atomic E-state index is 12.9. The Morgan fingerprint density at radius 3 is 2.79 bits per heavy atom. The summed E-state index contributed by atoms with van der Waals surface area (Å²) >= 11 is 0. The molecule has 0 spiro atoms. The molecule has 1 aliphatic rings. The smallest absolute Gasteiger partial charge is 0.289 e. The molecular formula is C21H20N4O3. The highest BCUT2D eigenvalue weighted by molar-refractivity contribution is 5.93. The van der Waals surface area contributed by atoms with Gasteiger partial charge in [0.05, 0.1) is 17.9 Å². The minimum atomic E-state index is -0.521. The van der Waals surface area contributed by atoms with Crippen molar-refractivity contribution >= 4 is 11.8 Å². The maximum atomic E-state index is 12.9. The second kappa shape index (κ2) is 8.04. The fourth-order valence-electron chi connectivity index (χ4n) is 3.38. The van der Waals surface area contributed by atoms with Crippen molar-refractivity contribution in [3.8, 4) is 0 Å². The number of amides is 2. The summed E-state index contributed by atoms with van der Waals surface area (Å²) in [7, 11) is 0. The van der Waals surface area contributed by atoms with E-state index < -0.39 is 5.92 Å². The standard InChI is InChI=1S/C21H20N4O3/c26-20(24-11-8-16-6-1-2-9-22-16)17-14-25(21(27)18-7-4-12-28-18)13-15-5-3-10-23-19(15)17/h1-7,9-10,12,17H,8,11,13-14H2,(H,24,26). The second-order valence-corrected chi connectivity index (χ2v) is 6.63. The van der Waals surface area contributed by atoms with Crippen molar-refractivity contribution in [1.29, 1.82) is 0 Å². The number of furan rings is 1. The van der Waals surface area contributed by atoms with Gasteiger partial charge in [-0.05, 0) is 35.9 Å². The third-order valence-electron chi connectivity index (χ3n) is 4.76. The van der Waals surface area contributed by atoms with Gasteiger partial charge in [0.25, 0.3) is 5.91 Å². The van der Waals surface area contributed by atoms with Gasteiger partial charge < -0.3 is 14.6 Å². The zero-order chi connectivity index (χ0) is 19.3. The Balaban J connectivity index is 1.48. The first-order chi connectivity index (χ1) is 13.7. The number of nitrogens with one attached hydrogen (secondary N) is 1. The third kappa shape index (κ3) is 3.78. The van der Waals surface area contributed by atoms with Gasteiger partial charge in [0, 0.05) is 44.1 Å². The Kier molecular flexibility index (Phi) is 5.14. The Bertz CT molecular complexity index is 957. The van der Waals surface area contributed by atoms with Crippen LogP contribution in [0.25, 0.3) is 0 Å². The first-order valence-electron chi connectivity index (χ1n) is 9.16. The van der Waals surface area contributed by atoms with Gasteiger partial charge in [-0.25, -0.2) is 0 Å². The molecular weight excluding hydrogens is 356 g/mol. The number of nitrogens with zero attached hydrogens (tertiary/aromatic N) is 3. The van der Waals surface area contributed by atoms with Crippen LogP contribution in [-0.4, -0.2) is 39.8 Å². The molecule has 28 heavy (non-hydrogen) atoms. The van der Waals surface area contributed by atoms with Crippen molar-refractivity contribution in [2.24, 2.45) is 0 Å². The number of pyridine rings is 2. The van der Waals surface area contributed by atoms with Gasteiger partial charge in [-0.1, -0.05) is 12.1 Å². The van der Waals surface area contributed by atoms with Gasteiger partial charge in [0.15, 0.2) is 5.76 Å². The topological polar surface area (TPSA) is 88.3 Å². The lowest BCUT2D eigenvalue weighted by Crippen LogP contribution is -2.44. The lowest BCUT2D eigenvalue weighted by atomic mass is 9.93. The molecule has 0 saturated heterocycles. The van der Waals surface area contributed by atoms with E-state index in [0.717, 1.165) is 17.0 Å². The van der Waals surface area contributed by atoms with Crippen LogP contribution in [0.3, 0.4) is 0 Å². The van der Waals surface area contributed by atoms with E-state index in [1.807, 2.05) is 30.3 Å². The first-order valence-corrected chi connectivity index (χ1v) is 9.16. The number of fused-ring (bicyclic) bond motifs is 1. The Hall–Kier alpha value is -3.48. The Morgan fingerprint density at radius 1 is 1.11 bits per heavy atom. The predicted molar refractivity (Wildman–Crippen MR) is 101 cm³/mol. The van der Waals surface area contributed by atoms with Crippen LogP contribution in [0, 0.1) is 0 Å². The molecule has 3 aromatic rings. The van der Waals surface area contributed by atoms with Crippen LogP contribution in [0.2, 0.25) is 0 Å². The molecule has 1 unspecified atom stereocenters. The average Bonchev–Trinajstić information content (AvgIpc) is 3.28. The SMILES string of the molecule is O=C(NCCc1ccccn1)C1CN(C(=O)c2ccco2)Cc2cccnc21. The van der Waals surface area contributed by atoms with E-state index in [1.165, 1.54) is 6.26 Å². The fourth-order valence-corrected chi connectivity index (χ4v) is 3.38. The van der Waals surface area contributed by atoms with Gasteiger partial charge in [0.2, 0.25) is 5.91 Å². The minimum absolute atomic E-state index is 0.146. The van der Waals surface area contributed by atoms with Gasteiger partial charge >= 0.3 is 0 Å². The number of hydrogen-bond donors (Lipinski definition) is 1. The van der Waals surface area contributed by atoms with Crippen molar-refractivity contribution in [3.05, 3.63) is 83.8 Å². The summed E-state index contributed by atoms with van der Waals surface area (Å²) in [5, 5.41) is 2.96. The summed E-state index contributed by atoms with van der Waals surface area (Å²) in [6.07, 6.45) is 5.52. The molecule has 4 heterocycles. The highest BCUT2D eigenvalue weighted by atomic mass is 16.3. The van der Waals surface area contributed by atoms with E-state index in [9.17, 15) is 9.59 Å². The molecule has 1 atom stereocenters. The monoisotopic (exact) mass is 376 g/mol. The molecule has 0 saturated carbocycles. The van der Waals surface area contributed by atoms with E-state index in [4.69, 9.17) is 4.42 Å². The molecule has 1 N–H and O–H groups in total. The zero-order valence-electron chi connectivity index (χ0n) is 15.2. The number of hydrogen-bond acceptors (Lipinski definition) is 5. The van der Waals surface area contributed by atoms with Crippen molar-refractivity contribution < 1.29 is 14.0 Å². The van der Waals surface area contributed by atoms with Gasteiger partial charge in [0.1, 0.15) is 0 Å².